The van der Waals surface area contributed by atoms with E-state index in [1.54, 1.807) is 0 Å². The number of nitrogens with zero attached hydrogens (tertiary/aromatic N) is 3. The molecule has 7 nitrogen and oxygen atoms in total. The van der Waals surface area contributed by atoms with Crippen molar-refractivity contribution < 1.29 is 23.0 Å². The molecule has 1 N–H and O–H groups in total. The summed E-state index contributed by atoms with van der Waals surface area (Å²) in [5.41, 5.74) is 2.88. The van der Waals surface area contributed by atoms with Gasteiger partial charge in [0.05, 0.1) is 41.9 Å². The third kappa shape index (κ3) is 4.16. The van der Waals surface area contributed by atoms with Crippen molar-refractivity contribution in [1.82, 2.24) is 15.3 Å². The standard InChI is InChI=1S/C26H22F2N4O3S/c27-16-11-15(12-17(28)13-16)21-24-22(30-14-29-21)23(32-6-9-34-10-7-32)25(36-24)26(33)31-19-5-8-35-20-4-2-1-3-18(19)20/h1-4,11-14,19H,5-10H2,(H,31,33)/t19-/m0/s1. The highest BCUT2D eigenvalue weighted by molar-refractivity contribution is 7.22. The fraction of sp³-hybridized carbons (Fsp3) is 0.269. The minimum Gasteiger partial charge on any atom is -0.493 e. The second-order valence-corrected chi connectivity index (χ2v) is 9.66. The quantitative estimate of drug-likeness (QED) is 0.430. The van der Waals surface area contributed by atoms with Gasteiger partial charge in [-0.15, -0.1) is 11.3 Å². The second kappa shape index (κ2) is 9.44. The minimum absolute atomic E-state index is 0.201. The number of morpholine rings is 1. The summed E-state index contributed by atoms with van der Waals surface area (Å²) in [6.07, 6.45) is 2.02. The van der Waals surface area contributed by atoms with Crippen LogP contribution in [-0.2, 0) is 4.74 Å². The lowest BCUT2D eigenvalue weighted by atomic mass is 10.0. The summed E-state index contributed by atoms with van der Waals surface area (Å²) in [7, 11) is 0. The molecule has 6 rings (SSSR count). The Morgan fingerprint density at radius 1 is 1.06 bits per heavy atom. The molecule has 1 amide bonds. The number of aromatic nitrogens is 2. The monoisotopic (exact) mass is 508 g/mol. The molecule has 2 aliphatic heterocycles. The molecular weight excluding hydrogens is 486 g/mol. The van der Waals surface area contributed by atoms with Crippen LogP contribution in [0.3, 0.4) is 0 Å². The van der Waals surface area contributed by atoms with Crippen LogP contribution in [0.15, 0.2) is 48.8 Å². The largest absolute Gasteiger partial charge is 0.493 e. The number of benzene rings is 2. The van der Waals surface area contributed by atoms with Crippen LogP contribution >= 0.6 is 11.3 Å². The van der Waals surface area contributed by atoms with E-state index in [0.717, 1.165) is 17.4 Å². The number of ether oxygens (including phenoxy) is 2. The van der Waals surface area contributed by atoms with Gasteiger partial charge in [0.1, 0.15) is 34.1 Å². The fourth-order valence-corrected chi connectivity index (χ4v) is 5.93. The first kappa shape index (κ1) is 22.8. The van der Waals surface area contributed by atoms with Gasteiger partial charge in [-0.1, -0.05) is 18.2 Å². The number of carbonyl (C=O) groups excluding carboxylic acids is 1. The van der Waals surface area contributed by atoms with Gasteiger partial charge >= 0.3 is 0 Å². The Kier molecular flexibility index (Phi) is 5.98. The Morgan fingerprint density at radius 3 is 2.64 bits per heavy atom. The number of nitrogens with one attached hydrogen (secondary N) is 1. The highest BCUT2D eigenvalue weighted by Gasteiger charge is 2.30. The highest BCUT2D eigenvalue weighted by atomic mass is 32.1. The predicted octanol–water partition coefficient (Wildman–Crippen LogP) is 4.73. The summed E-state index contributed by atoms with van der Waals surface area (Å²) in [5, 5.41) is 3.17. The van der Waals surface area contributed by atoms with Crippen LogP contribution in [0.2, 0.25) is 0 Å². The van der Waals surface area contributed by atoms with Crippen molar-refractivity contribution in [1.29, 1.82) is 0 Å². The number of thiophene rings is 1. The van der Waals surface area contributed by atoms with Crippen molar-refractivity contribution in [2.75, 3.05) is 37.8 Å². The van der Waals surface area contributed by atoms with Gasteiger partial charge in [-0.25, -0.2) is 18.7 Å². The van der Waals surface area contributed by atoms with Crippen molar-refractivity contribution in [3.8, 4) is 17.0 Å². The van der Waals surface area contributed by atoms with E-state index >= 15 is 0 Å². The zero-order valence-electron chi connectivity index (χ0n) is 19.2. The summed E-state index contributed by atoms with van der Waals surface area (Å²) < 4.78 is 39.9. The molecule has 184 valence electrons. The summed E-state index contributed by atoms with van der Waals surface area (Å²) in [4.78, 5) is 25.1. The molecule has 36 heavy (non-hydrogen) atoms. The van der Waals surface area contributed by atoms with E-state index in [1.807, 2.05) is 24.3 Å². The van der Waals surface area contributed by atoms with Gasteiger partial charge in [-0.3, -0.25) is 4.79 Å². The summed E-state index contributed by atoms with van der Waals surface area (Å²) in [6.45, 7) is 2.75. The average Bonchev–Trinajstić information content (AvgIpc) is 3.29. The van der Waals surface area contributed by atoms with Gasteiger partial charge in [0.2, 0.25) is 0 Å². The minimum atomic E-state index is -0.696. The molecule has 2 aromatic heterocycles. The van der Waals surface area contributed by atoms with Crippen molar-refractivity contribution in [3.05, 3.63) is 70.9 Å². The maximum absolute atomic E-state index is 14.0. The lowest BCUT2D eigenvalue weighted by Gasteiger charge is -2.30. The number of hydrogen-bond donors (Lipinski definition) is 1. The van der Waals surface area contributed by atoms with E-state index in [9.17, 15) is 13.6 Å². The number of anilines is 1. The number of halogens is 2. The summed E-state index contributed by atoms with van der Waals surface area (Å²) in [6, 6.07) is 10.8. The summed E-state index contributed by atoms with van der Waals surface area (Å²) in [5.74, 6) is -0.867. The van der Waals surface area contributed by atoms with Crippen LogP contribution in [0, 0.1) is 11.6 Å². The topological polar surface area (TPSA) is 76.6 Å². The number of amides is 1. The number of fused-ring (bicyclic) bond motifs is 2. The van der Waals surface area contributed by atoms with E-state index < -0.39 is 11.6 Å². The number of hydrogen-bond acceptors (Lipinski definition) is 7. The van der Waals surface area contributed by atoms with E-state index in [2.05, 4.69) is 20.2 Å². The first-order valence-electron chi connectivity index (χ1n) is 11.7. The first-order chi connectivity index (χ1) is 17.6. The molecule has 1 fully saturated rings. The van der Waals surface area contributed by atoms with Crippen molar-refractivity contribution in [3.63, 3.8) is 0 Å². The molecule has 0 bridgehead atoms. The molecule has 4 aromatic rings. The number of rotatable bonds is 4. The van der Waals surface area contributed by atoms with Gasteiger partial charge in [0.15, 0.2) is 0 Å². The van der Waals surface area contributed by atoms with E-state index in [1.165, 1.54) is 29.8 Å². The second-order valence-electron chi connectivity index (χ2n) is 8.64. The van der Waals surface area contributed by atoms with Crippen molar-refractivity contribution >= 4 is 33.1 Å². The van der Waals surface area contributed by atoms with Crippen LogP contribution in [0.1, 0.15) is 27.7 Å². The number of carbonyl (C=O) groups is 1. The molecular formula is C26H22F2N4O3S. The first-order valence-corrected chi connectivity index (χ1v) is 12.5. The van der Waals surface area contributed by atoms with E-state index in [4.69, 9.17) is 9.47 Å². The lowest BCUT2D eigenvalue weighted by Crippen LogP contribution is -2.38. The number of para-hydroxylation sites is 1. The zero-order chi connectivity index (χ0) is 24.6. The van der Waals surface area contributed by atoms with Crippen LogP contribution in [-0.4, -0.2) is 48.8 Å². The Morgan fingerprint density at radius 2 is 1.83 bits per heavy atom. The fourth-order valence-electron chi connectivity index (χ4n) is 4.74. The van der Waals surface area contributed by atoms with E-state index in [0.29, 0.717) is 71.4 Å². The van der Waals surface area contributed by atoms with Gasteiger partial charge in [0, 0.05) is 36.7 Å². The Hall–Kier alpha value is -3.63. The Balaban J connectivity index is 1.45. The van der Waals surface area contributed by atoms with Gasteiger partial charge in [0.25, 0.3) is 5.91 Å². The van der Waals surface area contributed by atoms with Gasteiger partial charge in [-0.05, 0) is 18.2 Å². The molecule has 0 saturated carbocycles. The zero-order valence-corrected chi connectivity index (χ0v) is 20.0. The molecule has 0 radical (unpaired) electrons. The van der Waals surface area contributed by atoms with Crippen molar-refractivity contribution in [2.45, 2.75) is 12.5 Å². The maximum Gasteiger partial charge on any atom is 0.264 e. The third-order valence-corrected chi connectivity index (χ3v) is 7.55. The molecule has 10 heteroatoms. The maximum atomic E-state index is 14.0. The molecule has 0 unspecified atom stereocenters. The lowest BCUT2D eigenvalue weighted by molar-refractivity contribution is 0.0927. The molecule has 2 aromatic carbocycles. The molecule has 1 saturated heterocycles. The molecule has 0 spiro atoms. The smallest absolute Gasteiger partial charge is 0.264 e. The Bertz CT molecular complexity index is 1430. The molecule has 0 aliphatic carbocycles. The summed E-state index contributed by atoms with van der Waals surface area (Å²) >= 11 is 1.23. The normalized spacial score (nSPS) is 17.5. The van der Waals surface area contributed by atoms with Gasteiger partial charge in [-0.2, -0.15) is 0 Å². The van der Waals surface area contributed by atoms with Crippen LogP contribution < -0.4 is 15.0 Å². The molecule has 2 aliphatic rings. The predicted molar refractivity (Wildman–Crippen MR) is 133 cm³/mol. The Labute approximate surface area is 209 Å². The van der Waals surface area contributed by atoms with Crippen LogP contribution in [0.5, 0.6) is 5.75 Å². The van der Waals surface area contributed by atoms with Crippen LogP contribution in [0.4, 0.5) is 14.5 Å². The van der Waals surface area contributed by atoms with Crippen LogP contribution in [0.25, 0.3) is 21.5 Å². The van der Waals surface area contributed by atoms with E-state index in [-0.39, 0.29) is 11.9 Å². The highest BCUT2D eigenvalue weighted by Crippen LogP contribution is 2.42. The van der Waals surface area contributed by atoms with Crippen molar-refractivity contribution in [2.24, 2.45) is 0 Å². The molecule has 1 atom stereocenters. The third-order valence-electron chi connectivity index (χ3n) is 6.38. The SMILES string of the molecule is O=C(N[C@H]1CCOc2ccccc21)c1sc2c(-c3cc(F)cc(F)c3)ncnc2c1N1CCOCC1. The van der Waals surface area contributed by atoms with Gasteiger partial charge < -0.3 is 19.7 Å². The molecule has 4 heterocycles. The average molecular weight is 509 g/mol.